The number of rotatable bonds is 1. The summed E-state index contributed by atoms with van der Waals surface area (Å²) in [4.78, 5) is 2.50. The second-order valence-electron chi connectivity index (χ2n) is 11.3. The van der Waals surface area contributed by atoms with Crippen LogP contribution in [0.15, 0.2) is 48.5 Å². The number of aromatic hydroxyl groups is 1. The van der Waals surface area contributed by atoms with Crippen molar-refractivity contribution in [3.05, 3.63) is 59.7 Å². The Kier molecular flexibility index (Phi) is 3.32. The number of phenols is 1. The molecule has 0 aromatic heterocycles. The van der Waals surface area contributed by atoms with Crippen molar-refractivity contribution in [3.8, 4) is 16.9 Å². The molecule has 0 bridgehead atoms. The van der Waals surface area contributed by atoms with Gasteiger partial charge in [0.25, 0.3) is 0 Å². The summed E-state index contributed by atoms with van der Waals surface area (Å²) in [5, 5.41) is 13.7. The molecule has 1 saturated heterocycles. The molecule has 1 N–H and O–H groups in total. The van der Waals surface area contributed by atoms with Crippen LogP contribution in [0.5, 0.6) is 5.75 Å². The number of fused-ring (bicyclic) bond motifs is 7. The summed E-state index contributed by atoms with van der Waals surface area (Å²) in [7, 11) is 0. The lowest BCUT2D eigenvalue weighted by Crippen LogP contribution is -2.29. The third-order valence-corrected chi connectivity index (χ3v) is 10.3. The molecule has 1 aliphatic heterocycles. The molecule has 8 rings (SSSR count). The Morgan fingerprint density at radius 2 is 1.78 bits per heavy atom. The van der Waals surface area contributed by atoms with E-state index in [2.05, 4.69) is 53.4 Å². The molecule has 162 valence electrons. The van der Waals surface area contributed by atoms with E-state index in [4.69, 9.17) is 0 Å². The molecule has 3 aromatic carbocycles. The fourth-order valence-corrected chi connectivity index (χ4v) is 8.95. The van der Waals surface area contributed by atoms with Crippen LogP contribution in [0.3, 0.4) is 0 Å². The molecule has 5 aliphatic rings. The predicted octanol–water partition coefficient (Wildman–Crippen LogP) is 6.82. The van der Waals surface area contributed by atoms with Crippen molar-refractivity contribution in [1.29, 1.82) is 0 Å². The van der Waals surface area contributed by atoms with Gasteiger partial charge < -0.3 is 10.0 Å². The number of hydrogen-bond donors (Lipinski definition) is 1. The molecule has 1 heterocycles. The minimum Gasteiger partial charge on any atom is -0.507 e. The molecule has 0 amide bonds. The summed E-state index contributed by atoms with van der Waals surface area (Å²) in [6, 6.07) is 18.2. The first kappa shape index (κ1) is 18.0. The van der Waals surface area contributed by atoms with Gasteiger partial charge in [-0.05, 0) is 114 Å². The highest BCUT2D eigenvalue weighted by atomic mass is 16.3. The van der Waals surface area contributed by atoms with Crippen LogP contribution in [0.2, 0.25) is 0 Å². The topological polar surface area (TPSA) is 23.5 Å². The van der Waals surface area contributed by atoms with Crippen molar-refractivity contribution in [2.24, 2.45) is 17.3 Å². The molecule has 32 heavy (non-hydrogen) atoms. The van der Waals surface area contributed by atoms with Crippen LogP contribution in [0.25, 0.3) is 21.9 Å². The average molecular weight is 422 g/mol. The summed E-state index contributed by atoms with van der Waals surface area (Å²) < 4.78 is 0. The average Bonchev–Trinajstić information content (AvgIpc) is 3.68. The fraction of sp³-hybridized carbons (Fsp3) is 0.467. The Morgan fingerprint density at radius 3 is 2.59 bits per heavy atom. The smallest absolute Gasteiger partial charge is 0.123 e. The van der Waals surface area contributed by atoms with E-state index < -0.39 is 0 Å². The molecular weight excluding hydrogens is 390 g/mol. The number of piperidine rings is 1. The molecule has 4 unspecified atom stereocenters. The fourth-order valence-electron chi connectivity index (χ4n) is 8.95. The van der Waals surface area contributed by atoms with Gasteiger partial charge in [-0.2, -0.15) is 0 Å². The summed E-state index contributed by atoms with van der Waals surface area (Å²) in [6.45, 7) is 2.27. The second kappa shape index (κ2) is 5.90. The Bertz CT molecular complexity index is 1290. The third kappa shape index (κ3) is 1.99. The van der Waals surface area contributed by atoms with Crippen LogP contribution in [0, 0.1) is 17.3 Å². The van der Waals surface area contributed by atoms with Crippen LogP contribution < -0.4 is 4.90 Å². The minimum absolute atomic E-state index is 0.307. The quantitative estimate of drug-likeness (QED) is 0.466. The van der Waals surface area contributed by atoms with Crippen LogP contribution in [-0.2, 0) is 11.8 Å². The van der Waals surface area contributed by atoms with Gasteiger partial charge in [0.1, 0.15) is 5.75 Å². The lowest BCUT2D eigenvalue weighted by molar-refractivity contribution is 0.460. The van der Waals surface area contributed by atoms with E-state index >= 15 is 0 Å². The molecule has 3 aromatic rings. The maximum absolute atomic E-state index is 11.4. The van der Waals surface area contributed by atoms with E-state index in [-0.39, 0.29) is 0 Å². The minimum atomic E-state index is 0.307. The molecule has 4 fully saturated rings. The zero-order valence-corrected chi connectivity index (χ0v) is 18.7. The number of hydrogen-bond acceptors (Lipinski definition) is 2. The molecule has 2 spiro atoms. The van der Waals surface area contributed by atoms with Crippen molar-refractivity contribution < 1.29 is 5.11 Å². The summed E-state index contributed by atoms with van der Waals surface area (Å²) in [5.41, 5.74) is 7.97. The largest absolute Gasteiger partial charge is 0.507 e. The van der Waals surface area contributed by atoms with Crippen LogP contribution >= 0.6 is 0 Å². The molecule has 0 radical (unpaired) electrons. The van der Waals surface area contributed by atoms with Gasteiger partial charge in [-0.15, -0.1) is 0 Å². The van der Waals surface area contributed by atoms with Crippen molar-refractivity contribution in [1.82, 2.24) is 0 Å². The van der Waals surface area contributed by atoms with E-state index in [0.717, 1.165) is 30.3 Å². The molecule has 2 nitrogen and oxygen atoms in total. The summed E-state index contributed by atoms with van der Waals surface area (Å²) in [6.07, 6.45) is 10.6. The monoisotopic (exact) mass is 421 g/mol. The summed E-state index contributed by atoms with van der Waals surface area (Å²) in [5.74, 6) is 2.29. The standard InChI is InChI=1S/C30H31NO/c32-26-17-25-28(23-10-9-21(16-24(23)26)31-14-4-1-5-15-31)22-7-3-2-6-19(22)12-13-29(25)27-11-8-20-18-30(20,27)29/h2-3,6-7,9-10,16-17,20,27,32H,1,4-5,8,11-15,18H2. The highest BCUT2D eigenvalue weighted by molar-refractivity contribution is 6.04. The van der Waals surface area contributed by atoms with E-state index in [1.807, 2.05) is 0 Å². The van der Waals surface area contributed by atoms with Crippen LogP contribution in [0.1, 0.15) is 56.1 Å². The zero-order valence-electron chi connectivity index (χ0n) is 18.7. The number of anilines is 1. The number of benzene rings is 3. The molecule has 4 atom stereocenters. The molecule has 4 aliphatic carbocycles. The SMILES string of the molecule is Oc1cc2c(c3ccc(N4CCCCC4)cc13)-c1ccccc1CCC21C2CCC3CC321. The van der Waals surface area contributed by atoms with Gasteiger partial charge in [-0.1, -0.05) is 30.3 Å². The van der Waals surface area contributed by atoms with E-state index in [0.29, 0.717) is 16.6 Å². The first-order valence-corrected chi connectivity index (χ1v) is 12.9. The number of phenolic OH excluding ortho intramolecular Hbond substituents is 1. The van der Waals surface area contributed by atoms with Gasteiger partial charge >= 0.3 is 0 Å². The Morgan fingerprint density at radius 1 is 0.906 bits per heavy atom. The summed E-state index contributed by atoms with van der Waals surface area (Å²) >= 11 is 0. The van der Waals surface area contributed by atoms with Gasteiger partial charge in [-0.25, -0.2) is 0 Å². The van der Waals surface area contributed by atoms with Crippen molar-refractivity contribution in [2.75, 3.05) is 18.0 Å². The third-order valence-electron chi connectivity index (χ3n) is 10.3. The molecule has 3 saturated carbocycles. The highest BCUT2D eigenvalue weighted by Crippen LogP contribution is 2.93. The second-order valence-corrected chi connectivity index (χ2v) is 11.3. The Balaban J connectivity index is 1.39. The van der Waals surface area contributed by atoms with Crippen LogP contribution in [-0.4, -0.2) is 18.2 Å². The van der Waals surface area contributed by atoms with Gasteiger partial charge in [0.05, 0.1) is 0 Å². The molecular formula is C30H31NO. The number of aryl methyl sites for hydroxylation is 1. The van der Waals surface area contributed by atoms with Gasteiger partial charge in [-0.3, -0.25) is 0 Å². The first-order valence-electron chi connectivity index (χ1n) is 12.9. The zero-order chi connectivity index (χ0) is 21.1. The highest BCUT2D eigenvalue weighted by Gasteiger charge is 2.88. The maximum Gasteiger partial charge on any atom is 0.123 e. The first-order chi connectivity index (χ1) is 15.7. The Hall–Kier alpha value is -2.48. The van der Waals surface area contributed by atoms with E-state index in [1.165, 1.54) is 84.7 Å². The van der Waals surface area contributed by atoms with E-state index in [9.17, 15) is 5.11 Å². The molecule has 2 heteroatoms. The van der Waals surface area contributed by atoms with Gasteiger partial charge in [0.2, 0.25) is 0 Å². The predicted molar refractivity (Wildman–Crippen MR) is 130 cm³/mol. The van der Waals surface area contributed by atoms with Crippen molar-refractivity contribution >= 4 is 16.5 Å². The van der Waals surface area contributed by atoms with Gasteiger partial charge in [0.15, 0.2) is 0 Å². The van der Waals surface area contributed by atoms with E-state index in [1.54, 1.807) is 0 Å². The maximum atomic E-state index is 11.4. The number of nitrogens with zero attached hydrogens (tertiary/aromatic N) is 1. The Labute approximate surface area is 190 Å². The van der Waals surface area contributed by atoms with Gasteiger partial charge in [0, 0.05) is 29.6 Å². The lowest BCUT2D eigenvalue weighted by atomic mass is 9.80. The normalized spacial score (nSPS) is 33.9. The lowest BCUT2D eigenvalue weighted by Gasteiger charge is -2.29. The van der Waals surface area contributed by atoms with Crippen LogP contribution in [0.4, 0.5) is 5.69 Å². The van der Waals surface area contributed by atoms with Crippen molar-refractivity contribution in [2.45, 2.75) is 56.8 Å². The van der Waals surface area contributed by atoms with Crippen molar-refractivity contribution in [3.63, 3.8) is 0 Å².